The van der Waals surface area contributed by atoms with Gasteiger partial charge in [-0.25, -0.2) is 0 Å². The average Bonchev–Trinajstić information content (AvgIpc) is 2.31. The Balaban J connectivity index is 2.79. The van der Waals surface area contributed by atoms with Gasteiger partial charge < -0.3 is 15.2 Å². The molecule has 0 saturated heterocycles. The van der Waals surface area contributed by atoms with Gasteiger partial charge in [0, 0.05) is 10.6 Å². The molecule has 1 atom stereocenters. The Morgan fingerprint density at radius 1 is 1.50 bits per heavy atom. The van der Waals surface area contributed by atoms with Crippen LogP contribution in [0.3, 0.4) is 0 Å². The van der Waals surface area contributed by atoms with Gasteiger partial charge >= 0.3 is 5.97 Å². The van der Waals surface area contributed by atoms with Crippen LogP contribution in [0.15, 0.2) is 18.2 Å². The quantitative estimate of drug-likeness (QED) is 0.851. The largest absolute Gasteiger partial charge is 0.496 e. The number of benzene rings is 1. The van der Waals surface area contributed by atoms with Gasteiger partial charge in [0.2, 0.25) is 5.91 Å². The SMILES string of the molecule is COc1cccc(Cl)c1CC(=O)NC(C)C(=O)O. The third-order valence-corrected chi connectivity index (χ3v) is 2.74. The summed E-state index contributed by atoms with van der Waals surface area (Å²) in [7, 11) is 1.48. The normalized spacial score (nSPS) is 11.7. The van der Waals surface area contributed by atoms with Gasteiger partial charge in [-0.05, 0) is 19.1 Å². The van der Waals surface area contributed by atoms with E-state index < -0.39 is 17.9 Å². The van der Waals surface area contributed by atoms with E-state index in [-0.39, 0.29) is 6.42 Å². The van der Waals surface area contributed by atoms with E-state index in [0.29, 0.717) is 16.3 Å². The highest BCUT2D eigenvalue weighted by Crippen LogP contribution is 2.26. The highest BCUT2D eigenvalue weighted by Gasteiger charge is 2.17. The van der Waals surface area contributed by atoms with E-state index >= 15 is 0 Å². The van der Waals surface area contributed by atoms with Crippen LogP contribution in [-0.2, 0) is 16.0 Å². The van der Waals surface area contributed by atoms with Gasteiger partial charge in [0.25, 0.3) is 0 Å². The Morgan fingerprint density at radius 3 is 2.72 bits per heavy atom. The van der Waals surface area contributed by atoms with Gasteiger partial charge in [-0.3, -0.25) is 9.59 Å². The number of carboxylic acids is 1. The van der Waals surface area contributed by atoms with Crippen molar-refractivity contribution >= 4 is 23.5 Å². The molecule has 0 aliphatic carbocycles. The van der Waals surface area contributed by atoms with E-state index in [1.807, 2.05) is 0 Å². The summed E-state index contributed by atoms with van der Waals surface area (Å²) in [5.41, 5.74) is 0.539. The second-order valence-corrected chi connectivity index (χ2v) is 4.13. The van der Waals surface area contributed by atoms with Crippen molar-refractivity contribution in [2.24, 2.45) is 0 Å². The summed E-state index contributed by atoms with van der Waals surface area (Å²) in [6.45, 7) is 1.39. The lowest BCUT2D eigenvalue weighted by Gasteiger charge is -2.12. The summed E-state index contributed by atoms with van der Waals surface area (Å²) in [6, 6.07) is 4.11. The zero-order valence-corrected chi connectivity index (χ0v) is 10.8. The molecule has 0 heterocycles. The first kappa shape index (κ1) is 14.3. The number of carbonyl (C=O) groups is 2. The fourth-order valence-electron chi connectivity index (χ4n) is 1.42. The Hall–Kier alpha value is -1.75. The Morgan fingerprint density at radius 2 is 2.17 bits per heavy atom. The van der Waals surface area contributed by atoms with Gasteiger partial charge in [0.05, 0.1) is 13.5 Å². The molecule has 0 aromatic heterocycles. The highest BCUT2D eigenvalue weighted by atomic mass is 35.5. The van der Waals surface area contributed by atoms with Crippen LogP contribution in [0, 0.1) is 0 Å². The summed E-state index contributed by atoms with van der Waals surface area (Å²) < 4.78 is 5.10. The molecular weight excluding hydrogens is 258 g/mol. The van der Waals surface area contributed by atoms with Gasteiger partial charge in [-0.1, -0.05) is 17.7 Å². The van der Waals surface area contributed by atoms with Crippen molar-refractivity contribution in [1.82, 2.24) is 5.32 Å². The first-order chi connectivity index (χ1) is 8.45. The molecule has 0 aliphatic heterocycles. The second-order valence-electron chi connectivity index (χ2n) is 3.72. The summed E-state index contributed by atoms with van der Waals surface area (Å²) in [5, 5.41) is 11.5. The van der Waals surface area contributed by atoms with Crippen LogP contribution >= 0.6 is 11.6 Å². The van der Waals surface area contributed by atoms with E-state index in [4.69, 9.17) is 21.4 Å². The van der Waals surface area contributed by atoms with Gasteiger partial charge in [-0.2, -0.15) is 0 Å². The van der Waals surface area contributed by atoms with Crippen LogP contribution < -0.4 is 10.1 Å². The maximum absolute atomic E-state index is 11.7. The number of carboxylic acid groups (broad SMARTS) is 1. The number of nitrogens with one attached hydrogen (secondary N) is 1. The lowest BCUT2D eigenvalue weighted by molar-refractivity contribution is -0.141. The summed E-state index contributed by atoms with van der Waals surface area (Å²) in [6.07, 6.45) is -0.0273. The Kier molecular flexibility index (Phi) is 4.97. The number of ether oxygens (including phenoxy) is 1. The predicted octanol–water partition coefficient (Wildman–Crippen LogP) is 1.48. The smallest absolute Gasteiger partial charge is 0.325 e. The number of hydrogen-bond acceptors (Lipinski definition) is 3. The van der Waals surface area contributed by atoms with Crippen molar-refractivity contribution in [3.63, 3.8) is 0 Å². The van der Waals surface area contributed by atoms with Crippen LogP contribution in [0.25, 0.3) is 0 Å². The van der Waals surface area contributed by atoms with Crippen molar-refractivity contribution in [3.8, 4) is 5.75 Å². The molecule has 2 N–H and O–H groups in total. The van der Waals surface area contributed by atoms with E-state index in [1.54, 1.807) is 18.2 Å². The fraction of sp³-hybridized carbons (Fsp3) is 0.333. The minimum atomic E-state index is -1.09. The second kappa shape index (κ2) is 6.26. The molecule has 1 unspecified atom stereocenters. The van der Waals surface area contributed by atoms with Gasteiger partial charge in [-0.15, -0.1) is 0 Å². The maximum atomic E-state index is 11.7. The first-order valence-electron chi connectivity index (χ1n) is 5.29. The Labute approximate surface area is 110 Å². The number of methoxy groups -OCH3 is 1. The number of halogens is 1. The van der Waals surface area contributed by atoms with E-state index in [2.05, 4.69) is 5.32 Å². The van der Waals surface area contributed by atoms with Crippen LogP contribution in [-0.4, -0.2) is 30.1 Å². The summed E-state index contributed by atoms with van der Waals surface area (Å²) >= 11 is 5.98. The van der Waals surface area contributed by atoms with Crippen LogP contribution in [0.2, 0.25) is 5.02 Å². The van der Waals surface area contributed by atoms with Gasteiger partial charge in [0.1, 0.15) is 11.8 Å². The fourth-order valence-corrected chi connectivity index (χ4v) is 1.65. The molecule has 98 valence electrons. The molecule has 18 heavy (non-hydrogen) atoms. The molecule has 0 fully saturated rings. The van der Waals surface area contributed by atoms with Crippen molar-refractivity contribution in [3.05, 3.63) is 28.8 Å². The topological polar surface area (TPSA) is 75.6 Å². The molecule has 0 spiro atoms. The van der Waals surface area contributed by atoms with Crippen LogP contribution in [0.4, 0.5) is 0 Å². The average molecular weight is 272 g/mol. The molecule has 5 nitrogen and oxygen atoms in total. The van der Waals surface area contributed by atoms with Crippen molar-refractivity contribution in [1.29, 1.82) is 0 Å². The number of hydrogen-bond donors (Lipinski definition) is 2. The summed E-state index contributed by atoms with van der Waals surface area (Å²) in [5.74, 6) is -1.01. The minimum absolute atomic E-state index is 0.0273. The monoisotopic (exact) mass is 271 g/mol. The molecular formula is C12H14ClNO4. The van der Waals surface area contributed by atoms with Crippen molar-refractivity contribution in [2.45, 2.75) is 19.4 Å². The molecule has 1 aromatic carbocycles. The zero-order chi connectivity index (χ0) is 13.7. The van der Waals surface area contributed by atoms with Crippen molar-refractivity contribution < 1.29 is 19.4 Å². The number of amides is 1. The van der Waals surface area contributed by atoms with E-state index in [0.717, 1.165) is 0 Å². The molecule has 0 saturated carbocycles. The molecule has 0 radical (unpaired) electrons. The molecule has 1 rings (SSSR count). The lowest BCUT2D eigenvalue weighted by atomic mass is 10.1. The molecule has 0 aliphatic rings. The van der Waals surface area contributed by atoms with Crippen molar-refractivity contribution in [2.75, 3.05) is 7.11 Å². The lowest BCUT2D eigenvalue weighted by Crippen LogP contribution is -2.39. The minimum Gasteiger partial charge on any atom is -0.496 e. The number of carbonyl (C=O) groups excluding carboxylic acids is 1. The number of rotatable bonds is 5. The first-order valence-corrected chi connectivity index (χ1v) is 5.67. The molecule has 6 heteroatoms. The molecule has 1 aromatic rings. The highest BCUT2D eigenvalue weighted by molar-refractivity contribution is 6.31. The predicted molar refractivity (Wildman–Crippen MR) is 66.9 cm³/mol. The standard InChI is InChI=1S/C12H14ClNO4/c1-7(12(16)17)14-11(15)6-8-9(13)4-3-5-10(8)18-2/h3-5,7H,6H2,1-2H3,(H,14,15)(H,16,17). The maximum Gasteiger partial charge on any atom is 0.325 e. The summed E-state index contributed by atoms with van der Waals surface area (Å²) in [4.78, 5) is 22.3. The third-order valence-electron chi connectivity index (χ3n) is 2.38. The third kappa shape index (κ3) is 3.63. The zero-order valence-electron chi connectivity index (χ0n) is 10.1. The van der Waals surface area contributed by atoms with Crippen LogP contribution in [0.5, 0.6) is 5.75 Å². The van der Waals surface area contributed by atoms with Gasteiger partial charge in [0.15, 0.2) is 0 Å². The van der Waals surface area contributed by atoms with Crippen LogP contribution in [0.1, 0.15) is 12.5 Å². The number of aliphatic carboxylic acids is 1. The molecule has 0 bridgehead atoms. The Bertz CT molecular complexity index is 461. The van der Waals surface area contributed by atoms with E-state index in [1.165, 1.54) is 14.0 Å². The van der Waals surface area contributed by atoms with E-state index in [9.17, 15) is 9.59 Å². The molecule has 1 amide bonds.